The van der Waals surface area contributed by atoms with Crippen LogP contribution in [-0.2, 0) is 0 Å². The lowest BCUT2D eigenvalue weighted by Gasteiger charge is -2.12. The smallest absolute Gasteiger partial charge is 0.127 e. The number of fused-ring (bicyclic) bond motifs is 1. The second-order valence-corrected chi connectivity index (χ2v) is 7.31. The predicted octanol–water partition coefficient (Wildman–Crippen LogP) is 7.77. The van der Waals surface area contributed by atoms with Crippen LogP contribution in [0.5, 0.6) is 17.2 Å². The highest BCUT2D eigenvalue weighted by Gasteiger charge is 2.09. The van der Waals surface area contributed by atoms with Gasteiger partial charge >= 0.3 is 0 Å². The van der Waals surface area contributed by atoms with Gasteiger partial charge in [0.15, 0.2) is 0 Å². The van der Waals surface area contributed by atoms with Crippen LogP contribution in [0.2, 0.25) is 0 Å². The summed E-state index contributed by atoms with van der Waals surface area (Å²) in [4.78, 5) is 0. The first-order chi connectivity index (χ1) is 15.3. The standard InChI is InChI=1S/C29H21O2/c1-30-25-15-13-22(14-16-25)29-20-24(19-23-7-5-6-10-28(23)29)21-11-17-27(18-12-21)31-26-8-3-2-4-9-26/h2-19H,1H3. The Morgan fingerprint density at radius 1 is 0.581 bits per heavy atom. The second-order valence-electron chi connectivity index (χ2n) is 7.31. The van der Waals surface area contributed by atoms with Crippen LogP contribution in [0.3, 0.4) is 0 Å². The Morgan fingerprint density at radius 2 is 1.19 bits per heavy atom. The molecule has 2 nitrogen and oxygen atoms in total. The van der Waals surface area contributed by atoms with Gasteiger partial charge in [-0.05, 0) is 81.6 Å². The zero-order valence-corrected chi connectivity index (χ0v) is 17.2. The molecule has 0 N–H and O–H groups in total. The molecule has 0 aliphatic carbocycles. The molecule has 0 saturated carbocycles. The minimum absolute atomic E-state index is 0.811. The largest absolute Gasteiger partial charge is 0.497 e. The van der Waals surface area contributed by atoms with Crippen LogP contribution < -0.4 is 9.47 Å². The first-order valence-corrected chi connectivity index (χ1v) is 10.2. The van der Waals surface area contributed by atoms with E-state index in [9.17, 15) is 0 Å². The number of benzene rings is 5. The molecule has 31 heavy (non-hydrogen) atoms. The fourth-order valence-electron chi connectivity index (χ4n) is 3.71. The molecule has 0 amide bonds. The third kappa shape index (κ3) is 4.01. The van der Waals surface area contributed by atoms with Gasteiger partial charge in [0.1, 0.15) is 17.2 Å². The summed E-state index contributed by atoms with van der Waals surface area (Å²) < 4.78 is 11.2. The van der Waals surface area contributed by atoms with E-state index in [-0.39, 0.29) is 0 Å². The van der Waals surface area contributed by atoms with Gasteiger partial charge in [-0.25, -0.2) is 0 Å². The number of hydrogen-bond donors (Lipinski definition) is 0. The maximum Gasteiger partial charge on any atom is 0.127 e. The molecule has 5 rings (SSSR count). The molecule has 149 valence electrons. The molecule has 0 aliphatic heterocycles. The van der Waals surface area contributed by atoms with Crippen LogP contribution in [0.25, 0.3) is 33.0 Å². The van der Waals surface area contributed by atoms with E-state index < -0.39 is 0 Å². The van der Waals surface area contributed by atoms with Gasteiger partial charge in [-0.2, -0.15) is 0 Å². The first-order valence-electron chi connectivity index (χ1n) is 10.2. The molecule has 2 heteroatoms. The van der Waals surface area contributed by atoms with Gasteiger partial charge in [0, 0.05) is 0 Å². The average Bonchev–Trinajstić information content (AvgIpc) is 2.84. The number of ether oxygens (including phenoxy) is 2. The van der Waals surface area contributed by atoms with Crippen LogP contribution in [-0.4, -0.2) is 7.11 Å². The Bertz CT molecular complexity index is 1310. The molecule has 1 radical (unpaired) electrons. The lowest BCUT2D eigenvalue weighted by molar-refractivity contribution is 0.415. The zero-order chi connectivity index (χ0) is 21.0. The molecule has 0 spiro atoms. The van der Waals surface area contributed by atoms with E-state index >= 15 is 0 Å². The van der Waals surface area contributed by atoms with Crippen LogP contribution in [0, 0.1) is 6.07 Å². The van der Waals surface area contributed by atoms with Crippen molar-refractivity contribution in [2.45, 2.75) is 0 Å². The fourth-order valence-corrected chi connectivity index (χ4v) is 3.71. The van der Waals surface area contributed by atoms with Gasteiger partial charge in [-0.15, -0.1) is 0 Å². The molecule has 5 aromatic carbocycles. The molecule has 0 atom stereocenters. The van der Waals surface area contributed by atoms with Crippen molar-refractivity contribution in [3.05, 3.63) is 115 Å². The summed E-state index contributed by atoms with van der Waals surface area (Å²) in [6.07, 6.45) is 0. The number of rotatable bonds is 5. The third-order valence-corrected chi connectivity index (χ3v) is 5.31. The first kappa shape index (κ1) is 19.0. The maximum absolute atomic E-state index is 5.93. The lowest BCUT2D eigenvalue weighted by Crippen LogP contribution is -1.88. The molecule has 0 aliphatic rings. The number of para-hydroxylation sites is 1. The SMILES string of the molecule is COc1ccc(-c2[c]c(-c3ccc(Oc4ccccc4)cc3)cc3ccccc23)cc1. The summed E-state index contributed by atoms with van der Waals surface area (Å²) in [5, 5.41) is 2.37. The molecule has 0 bridgehead atoms. The van der Waals surface area contributed by atoms with Crippen LogP contribution in [0.15, 0.2) is 109 Å². The minimum atomic E-state index is 0.811. The van der Waals surface area contributed by atoms with Crippen molar-refractivity contribution < 1.29 is 9.47 Å². The lowest BCUT2D eigenvalue weighted by atomic mass is 9.93. The molecule has 5 aromatic rings. The average molecular weight is 401 g/mol. The van der Waals surface area contributed by atoms with Crippen molar-refractivity contribution in [1.29, 1.82) is 0 Å². The molecule has 0 fully saturated rings. The Morgan fingerprint density at radius 3 is 1.94 bits per heavy atom. The molecular weight excluding hydrogens is 380 g/mol. The Labute approximate surface area is 182 Å². The van der Waals surface area contributed by atoms with E-state index in [2.05, 4.69) is 60.7 Å². The zero-order valence-electron chi connectivity index (χ0n) is 17.2. The number of hydrogen-bond acceptors (Lipinski definition) is 2. The van der Waals surface area contributed by atoms with Gasteiger partial charge in [-0.3, -0.25) is 0 Å². The Hall–Kier alpha value is -4.04. The summed E-state index contributed by atoms with van der Waals surface area (Å²) in [5.74, 6) is 2.48. The van der Waals surface area contributed by atoms with Crippen LogP contribution in [0.1, 0.15) is 0 Å². The summed E-state index contributed by atoms with van der Waals surface area (Å²) in [7, 11) is 1.68. The molecule has 0 heterocycles. The highest BCUT2D eigenvalue weighted by molar-refractivity contribution is 5.99. The number of methoxy groups -OCH3 is 1. The molecule has 0 unspecified atom stereocenters. The Balaban J connectivity index is 1.54. The summed E-state index contributed by atoms with van der Waals surface area (Å²) in [6.45, 7) is 0. The van der Waals surface area contributed by atoms with Gasteiger partial charge in [0.2, 0.25) is 0 Å². The monoisotopic (exact) mass is 401 g/mol. The van der Waals surface area contributed by atoms with Crippen molar-refractivity contribution >= 4 is 10.8 Å². The topological polar surface area (TPSA) is 18.5 Å². The van der Waals surface area contributed by atoms with E-state index in [0.29, 0.717) is 0 Å². The van der Waals surface area contributed by atoms with Crippen LogP contribution >= 0.6 is 0 Å². The summed E-state index contributed by atoms with van der Waals surface area (Å²) in [5.41, 5.74) is 4.35. The summed E-state index contributed by atoms with van der Waals surface area (Å²) >= 11 is 0. The quantitative estimate of drug-likeness (QED) is 0.299. The van der Waals surface area contributed by atoms with Gasteiger partial charge in [0.25, 0.3) is 0 Å². The van der Waals surface area contributed by atoms with Gasteiger partial charge < -0.3 is 9.47 Å². The van der Waals surface area contributed by atoms with E-state index in [1.54, 1.807) is 7.11 Å². The maximum atomic E-state index is 5.93. The van der Waals surface area contributed by atoms with Gasteiger partial charge in [0.05, 0.1) is 7.11 Å². The van der Waals surface area contributed by atoms with E-state index in [1.807, 2.05) is 54.6 Å². The minimum Gasteiger partial charge on any atom is -0.497 e. The van der Waals surface area contributed by atoms with Crippen molar-refractivity contribution in [1.82, 2.24) is 0 Å². The van der Waals surface area contributed by atoms with Crippen molar-refractivity contribution in [3.63, 3.8) is 0 Å². The Kier molecular flexibility index (Phi) is 5.12. The molecular formula is C29H21O2. The highest BCUT2D eigenvalue weighted by atomic mass is 16.5. The van der Waals surface area contributed by atoms with E-state index in [1.165, 1.54) is 10.8 Å². The van der Waals surface area contributed by atoms with Crippen molar-refractivity contribution in [2.24, 2.45) is 0 Å². The highest BCUT2D eigenvalue weighted by Crippen LogP contribution is 2.35. The van der Waals surface area contributed by atoms with Crippen LogP contribution in [0.4, 0.5) is 0 Å². The fraction of sp³-hybridized carbons (Fsp3) is 0.0345. The summed E-state index contributed by atoms with van der Waals surface area (Å²) in [6, 6.07) is 40.4. The van der Waals surface area contributed by atoms with Crippen molar-refractivity contribution in [3.8, 4) is 39.5 Å². The third-order valence-electron chi connectivity index (χ3n) is 5.31. The second kappa shape index (κ2) is 8.37. The van der Waals surface area contributed by atoms with Crippen molar-refractivity contribution in [2.75, 3.05) is 7.11 Å². The van der Waals surface area contributed by atoms with E-state index in [0.717, 1.165) is 39.5 Å². The molecule has 0 aromatic heterocycles. The molecule has 0 saturated heterocycles. The van der Waals surface area contributed by atoms with Gasteiger partial charge in [-0.1, -0.05) is 66.7 Å². The predicted molar refractivity (Wildman–Crippen MR) is 127 cm³/mol. The van der Waals surface area contributed by atoms with E-state index in [4.69, 9.17) is 9.47 Å². The normalized spacial score (nSPS) is 10.7.